The lowest BCUT2D eigenvalue weighted by Crippen LogP contribution is -2.04. The Morgan fingerprint density at radius 3 is 2.44 bits per heavy atom. The third kappa shape index (κ3) is 2.13. The number of hydrogen-bond acceptors (Lipinski definition) is 3. The molecule has 1 aromatic carbocycles. The number of rotatable bonds is 3. The molecule has 0 aliphatic rings. The molecule has 5 nitrogen and oxygen atoms in total. The molecule has 0 saturated carbocycles. The van der Waals surface area contributed by atoms with Crippen molar-refractivity contribution in [3.63, 3.8) is 0 Å². The summed E-state index contributed by atoms with van der Waals surface area (Å²) in [5.41, 5.74) is -2.10. The van der Waals surface area contributed by atoms with E-state index in [1.807, 2.05) is 0 Å². The number of nitrogens with zero attached hydrogens (tertiary/aromatic N) is 1. The monoisotopic (exact) mass is 231 g/mol. The van der Waals surface area contributed by atoms with Crippen LogP contribution in [0.15, 0.2) is 12.1 Å². The number of aryl methyl sites for hydroxylation is 1. The maximum atomic E-state index is 12.5. The molecule has 1 rings (SSSR count). The van der Waals surface area contributed by atoms with Crippen LogP contribution in [0.25, 0.3) is 0 Å². The third-order valence-electron chi connectivity index (χ3n) is 2.03. The summed E-state index contributed by atoms with van der Waals surface area (Å²) >= 11 is 0. The highest BCUT2D eigenvalue weighted by molar-refractivity contribution is 5.89. The average molecular weight is 231 g/mol. The maximum absolute atomic E-state index is 12.5. The number of aromatic carboxylic acids is 1. The predicted molar refractivity (Wildman–Crippen MR) is 49.7 cm³/mol. The second-order valence-electron chi connectivity index (χ2n) is 3.09. The van der Waals surface area contributed by atoms with Gasteiger partial charge in [-0.2, -0.15) is 0 Å². The molecule has 0 radical (unpaired) electrons. The SMILES string of the molecule is Cc1cc(C(=O)O)cc([N+](=O)[O-])c1C(F)F. The van der Waals surface area contributed by atoms with Gasteiger partial charge in [-0.15, -0.1) is 0 Å². The zero-order valence-electron chi connectivity index (χ0n) is 8.11. The number of alkyl halides is 2. The van der Waals surface area contributed by atoms with Crippen LogP contribution in [0, 0.1) is 17.0 Å². The van der Waals surface area contributed by atoms with Gasteiger partial charge in [0.2, 0.25) is 0 Å². The van der Waals surface area contributed by atoms with Crippen LogP contribution in [0.2, 0.25) is 0 Å². The molecule has 0 fully saturated rings. The highest BCUT2D eigenvalue weighted by Gasteiger charge is 2.26. The molecule has 0 aliphatic heterocycles. The Balaban J connectivity index is 3.52. The second kappa shape index (κ2) is 4.21. The first-order chi connectivity index (χ1) is 7.34. The molecule has 0 saturated heterocycles. The van der Waals surface area contributed by atoms with Crippen LogP contribution >= 0.6 is 0 Å². The summed E-state index contributed by atoms with van der Waals surface area (Å²) in [6.45, 7) is 1.21. The minimum Gasteiger partial charge on any atom is -0.478 e. The van der Waals surface area contributed by atoms with Crippen molar-refractivity contribution in [3.8, 4) is 0 Å². The summed E-state index contributed by atoms with van der Waals surface area (Å²) in [7, 11) is 0. The van der Waals surface area contributed by atoms with Gasteiger partial charge in [0.05, 0.1) is 16.1 Å². The predicted octanol–water partition coefficient (Wildman–Crippen LogP) is 2.54. The molecular formula is C9H7F2NO4. The fourth-order valence-electron chi connectivity index (χ4n) is 1.34. The van der Waals surface area contributed by atoms with Crippen LogP contribution in [-0.2, 0) is 0 Å². The van der Waals surface area contributed by atoms with Crippen LogP contribution in [0.5, 0.6) is 0 Å². The standard InChI is InChI=1S/C9H7F2NO4/c1-4-2-5(9(13)14)3-6(12(15)16)7(4)8(10)11/h2-3,8H,1H3,(H,13,14). The highest BCUT2D eigenvalue weighted by atomic mass is 19.3. The summed E-state index contributed by atoms with van der Waals surface area (Å²) in [6.07, 6.45) is -3.01. The first kappa shape index (κ1) is 12.0. The molecule has 0 spiro atoms. The number of halogens is 2. The van der Waals surface area contributed by atoms with Crippen molar-refractivity contribution >= 4 is 11.7 Å². The molecule has 0 amide bonds. The van der Waals surface area contributed by atoms with E-state index in [1.165, 1.54) is 6.92 Å². The van der Waals surface area contributed by atoms with Crippen molar-refractivity contribution in [2.75, 3.05) is 0 Å². The fraction of sp³-hybridized carbons (Fsp3) is 0.222. The first-order valence-electron chi connectivity index (χ1n) is 4.15. The van der Waals surface area contributed by atoms with E-state index in [4.69, 9.17) is 5.11 Å². The summed E-state index contributed by atoms with van der Waals surface area (Å²) in [6, 6.07) is 1.62. The first-order valence-corrected chi connectivity index (χ1v) is 4.15. The zero-order chi connectivity index (χ0) is 12.5. The highest BCUT2D eigenvalue weighted by Crippen LogP contribution is 2.32. The van der Waals surface area contributed by atoms with Gasteiger partial charge in [-0.1, -0.05) is 0 Å². The van der Waals surface area contributed by atoms with Crippen LogP contribution in [0.1, 0.15) is 27.9 Å². The Hall–Kier alpha value is -2.05. The molecule has 0 atom stereocenters. The Bertz CT molecular complexity index is 459. The number of hydrogen-bond donors (Lipinski definition) is 1. The van der Waals surface area contributed by atoms with Crippen molar-refractivity contribution in [3.05, 3.63) is 38.9 Å². The molecule has 7 heteroatoms. The van der Waals surface area contributed by atoms with Crippen LogP contribution in [0.3, 0.4) is 0 Å². The fourth-order valence-corrected chi connectivity index (χ4v) is 1.34. The topological polar surface area (TPSA) is 80.4 Å². The van der Waals surface area contributed by atoms with Crippen LogP contribution in [-0.4, -0.2) is 16.0 Å². The quantitative estimate of drug-likeness (QED) is 0.640. The van der Waals surface area contributed by atoms with E-state index in [0.29, 0.717) is 6.07 Å². The molecule has 0 heterocycles. The molecule has 0 bridgehead atoms. The van der Waals surface area contributed by atoms with Gasteiger partial charge in [0.1, 0.15) is 0 Å². The van der Waals surface area contributed by atoms with Crippen molar-refractivity contribution in [2.45, 2.75) is 13.3 Å². The number of nitro benzene ring substituents is 1. The van der Waals surface area contributed by atoms with E-state index in [0.717, 1.165) is 6.07 Å². The van der Waals surface area contributed by atoms with E-state index in [2.05, 4.69) is 0 Å². The minimum absolute atomic E-state index is 0.110. The second-order valence-corrected chi connectivity index (χ2v) is 3.09. The smallest absolute Gasteiger partial charge is 0.335 e. The van der Waals surface area contributed by atoms with Gasteiger partial charge in [-0.25, -0.2) is 13.6 Å². The molecule has 86 valence electrons. The number of nitro groups is 1. The molecule has 0 unspecified atom stereocenters. The Kier molecular flexibility index (Phi) is 3.17. The van der Waals surface area contributed by atoms with Crippen LogP contribution in [0.4, 0.5) is 14.5 Å². The molecule has 1 N–H and O–H groups in total. The van der Waals surface area contributed by atoms with Crippen molar-refractivity contribution in [1.82, 2.24) is 0 Å². The number of carbonyl (C=O) groups is 1. The number of carboxylic acid groups (broad SMARTS) is 1. The largest absolute Gasteiger partial charge is 0.478 e. The zero-order valence-corrected chi connectivity index (χ0v) is 8.11. The van der Waals surface area contributed by atoms with Gasteiger partial charge in [0, 0.05) is 6.07 Å². The lowest BCUT2D eigenvalue weighted by Gasteiger charge is -2.06. The summed E-state index contributed by atoms with van der Waals surface area (Å²) < 4.78 is 25.1. The molecule has 16 heavy (non-hydrogen) atoms. The van der Waals surface area contributed by atoms with Crippen molar-refractivity contribution < 1.29 is 23.6 Å². The van der Waals surface area contributed by atoms with Gasteiger partial charge in [-0.05, 0) is 18.6 Å². The van der Waals surface area contributed by atoms with E-state index < -0.39 is 28.6 Å². The summed E-state index contributed by atoms with van der Waals surface area (Å²) in [4.78, 5) is 20.1. The van der Waals surface area contributed by atoms with E-state index in [-0.39, 0.29) is 11.1 Å². The third-order valence-corrected chi connectivity index (χ3v) is 2.03. The Morgan fingerprint density at radius 1 is 1.50 bits per heavy atom. The molecule has 0 aromatic heterocycles. The summed E-state index contributed by atoms with van der Waals surface area (Å²) in [5.74, 6) is -1.40. The average Bonchev–Trinajstić information content (AvgIpc) is 2.15. The lowest BCUT2D eigenvalue weighted by molar-refractivity contribution is -0.386. The molecule has 1 aromatic rings. The van der Waals surface area contributed by atoms with Gasteiger partial charge < -0.3 is 5.11 Å². The Morgan fingerprint density at radius 2 is 2.06 bits per heavy atom. The van der Waals surface area contributed by atoms with E-state index >= 15 is 0 Å². The van der Waals surface area contributed by atoms with Gasteiger partial charge in [-0.3, -0.25) is 10.1 Å². The lowest BCUT2D eigenvalue weighted by atomic mass is 10.0. The van der Waals surface area contributed by atoms with Crippen molar-refractivity contribution in [1.29, 1.82) is 0 Å². The van der Waals surface area contributed by atoms with Gasteiger partial charge >= 0.3 is 5.97 Å². The number of carboxylic acids is 1. The minimum atomic E-state index is -3.01. The maximum Gasteiger partial charge on any atom is 0.335 e. The summed E-state index contributed by atoms with van der Waals surface area (Å²) in [5, 5.41) is 19.2. The van der Waals surface area contributed by atoms with Gasteiger partial charge in [0.25, 0.3) is 12.1 Å². The van der Waals surface area contributed by atoms with Gasteiger partial charge in [0.15, 0.2) is 0 Å². The number of benzene rings is 1. The Labute approximate surface area is 88.5 Å². The molecular weight excluding hydrogens is 224 g/mol. The van der Waals surface area contributed by atoms with E-state index in [9.17, 15) is 23.7 Å². The van der Waals surface area contributed by atoms with E-state index in [1.54, 1.807) is 0 Å². The normalized spacial score (nSPS) is 10.5. The van der Waals surface area contributed by atoms with Crippen molar-refractivity contribution in [2.24, 2.45) is 0 Å². The molecule has 0 aliphatic carbocycles. The van der Waals surface area contributed by atoms with Crippen LogP contribution < -0.4 is 0 Å².